The number of ether oxygens (including phenoxy) is 2. The second-order valence-electron chi connectivity index (χ2n) is 8.75. The SMILES string of the molecule is CC(C)[C@H](NC(=O)c1ccccn1)c1nnc2n1CCN(Cc1ccc3c(c1)OCO3)CC2. The Balaban J connectivity index is 1.29. The van der Waals surface area contributed by atoms with Gasteiger partial charge in [0.05, 0.1) is 6.04 Å². The fourth-order valence-corrected chi connectivity index (χ4v) is 4.32. The molecule has 3 aromatic rings. The van der Waals surface area contributed by atoms with Gasteiger partial charge >= 0.3 is 0 Å². The molecule has 172 valence electrons. The number of rotatable bonds is 6. The summed E-state index contributed by atoms with van der Waals surface area (Å²) in [6.45, 7) is 7.79. The minimum Gasteiger partial charge on any atom is -0.454 e. The summed E-state index contributed by atoms with van der Waals surface area (Å²) in [7, 11) is 0. The molecule has 0 bridgehead atoms. The monoisotopic (exact) mass is 448 g/mol. The number of carbonyl (C=O) groups excluding carboxylic acids is 1. The first-order chi connectivity index (χ1) is 16.1. The van der Waals surface area contributed by atoms with Gasteiger partial charge in [0.15, 0.2) is 17.3 Å². The molecule has 2 aromatic heterocycles. The summed E-state index contributed by atoms with van der Waals surface area (Å²) in [6, 6.07) is 11.2. The number of pyridine rings is 1. The fraction of sp³-hybridized carbons (Fsp3) is 0.417. The van der Waals surface area contributed by atoms with Gasteiger partial charge in [-0.1, -0.05) is 26.0 Å². The standard InChI is InChI=1S/C24H28N6O3/c1-16(2)22(26-24(31)18-5-3-4-9-25-18)23-28-27-21-8-10-29(11-12-30(21)23)14-17-6-7-19-20(13-17)33-15-32-19/h3-7,9,13,16,22H,8,10-12,14-15H2,1-2H3,(H,26,31)/t22-/m0/s1. The van der Waals surface area contributed by atoms with Gasteiger partial charge in [0.1, 0.15) is 11.5 Å². The molecule has 0 fully saturated rings. The van der Waals surface area contributed by atoms with E-state index in [1.54, 1.807) is 18.3 Å². The van der Waals surface area contributed by atoms with Crippen molar-refractivity contribution in [2.24, 2.45) is 5.92 Å². The van der Waals surface area contributed by atoms with E-state index in [4.69, 9.17) is 9.47 Å². The van der Waals surface area contributed by atoms with Crippen LogP contribution in [-0.4, -0.2) is 50.4 Å². The van der Waals surface area contributed by atoms with Gasteiger partial charge in [-0.25, -0.2) is 0 Å². The number of carbonyl (C=O) groups is 1. The quantitative estimate of drug-likeness (QED) is 0.619. The predicted octanol–water partition coefficient (Wildman–Crippen LogP) is 2.59. The highest BCUT2D eigenvalue weighted by molar-refractivity contribution is 5.92. The maximum atomic E-state index is 12.8. The number of nitrogens with zero attached hydrogens (tertiary/aromatic N) is 5. The molecule has 4 heterocycles. The van der Waals surface area contributed by atoms with Crippen LogP contribution in [0.2, 0.25) is 0 Å². The molecule has 1 aromatic carbocycles. The van der Waals surface area contributed by atoms with Crippen LogP contribution >= 0.6 is 0 Å². The van der Waals surface area contributed by atoms with Crippen LogP contribution < -0.4 is 14.8 Å². The Labute approximate surface area is 192 Å². The van der Waals surface area contributed by atoms with Crippen molar-refractivity contribution >= 4 is 5.91 Å². The Morgan fingerprint density at radius 1 is 1.09 bits per heavy atom. The van der Waals surface area contributed by atoms with E-state index in [2.05, 4.69) is 55.9 Å². The lowest BCUT2D eigenvalue weighted by atomic mass is 10.0. The summed E-state index contributed by atoms with van der Waals surface area (Å²) in [4.78, 5) is 19.3. The van der Waals surface area contributed by atoms with Gasteiger partial charge in [0.2, 0.25) is 6.79 Å². The second-order valence-corrected chi connectivity index (χ2v) is 8.75. The van der Waals surface area contributed by atoms with Crippen molar-refractivity contribution in [2.45, 2.75) is 39.4 Å². The average molecular weight is 449 g/mol. The van der Waals surface area contributed by atoms with Crippen LogP contribution in [0.5, 0.6) is 11.5 Å². The van der Waals surface area contributed by atoms with E-state index < -0.39 is 0 Å². The number of hydrogen-bond acceptors (Lipinski definition) is 7. The van der Waals surface area contributed by atoms with Crippen LogP contribution in [0.1, 0.15) is 47.6 Å². The van der Waals surface area contributed by atoms with Crippen LogP contribution in [0, 0.1) is 5.92 Å². The van der Waals surface area contributed by atoms with E-state index in [-0.39, 0.29) is 24.7 Å². The largest absolute Gasteiger partial charge is 0.454 e. The van der Waals surface area contributed by atoms with E-state index in [1.807, 2.05) is 12.1 Å². The number of fused-ring (bicyclic) bond motifs is 2. The normalized spacial score (nSPS) is 16.3. The zero-order valence-corrected chi connectivity index (χ0v) is 18.9. The van der Waals surface area contributed by atoms with E-state index in [9.17, 15) is 4.79 Å². The minimum absolute atomic E-state index is 0.152. The Kier molecular flexibility index (Phi) is 5.95. The molecule has 0 saturated carbocycles. The molecule has 1 amide bonds. The number of amides is 1. The van der Waals surface area contributed by atoms with Crippen molar-refractivity contribution in [3.05, 3.63) is 65.5 Å². The van der Waals surface area contributed by atoms with E-state index >= 15 is 0 Å². The van der Waals surface area contributed by atoms with Crippen molar-refractivity contribution < 1.29 is 14.3 Å². The Morgan fingerprint density at radius 3 is 2.79 bits per heavy atom. The average Bonchev–Trinajstić information content (AvgIpc) is 3.41. The number of benzene rings is 1. The first kappa shape index (κ1) is 21.4. The molecule has 0 saturated heterocycles. The van der Waals surface area contributed by atoms with Crippen molar-refractivity contribution in [1.29, 1.82) is 0 Å². The number of aromatic nitrogens is 4. The Hall–Kier alpha value is -3.46. The van der Waals surface area contributed by atoms with Gasteiger partial charge in [-0.3, -0.25) is 14.7 Å². The molecule has 33 heavy (non-hydrogen) atoms. The maximum Gasteiger partial charge on any atom is 0.270 e. The summed E-state index contributed by atoms with van der Waals surface area (Å²) in [5, 5.41) is 12.1. The zero-order chi connectivity index (χ0) is 22.8. The third-order valence-corrected chi connectivity index (χ3v) is 6.12. The highest BCUT2D eigenvalue weighted by atomic mass is 16.7. The van der Waals surface area contributed by atoms with Crippen molar-refractivity contribution in [2.75, 3.05) is 19.9 Å². The van der Waals surface area contributed by atoms with Crippen LogP contribution in [0.4, 0.5) is 0 Å². The van der Waals surface area contributed by atoms with Crippen molar-refractivity contribution in [3.63, 3.8) is 0 Å². The first-order valence-electron chi connectivity index (χ1n) is 11.3. The molecule has 0 radical (unpaired) electrons. The van der Waals surface area contributed by atoms with Gasteiger partial charge in [-0.05, 0) is 35.7 Å². The molecule has 5 rings (SSSR count). The molecule has 9 heteroatoms. The third-order valence-electron chi connectivity index (χ3n) is 6.12. The Morgan fingerprint density at radius 2 is 1.97 bits per heavy atom. The molecule has 0 unspecified atom stereocenters. The summed E-state index contributed by atoms with van der Waals surface area (Å²) in [5.74, 6) is 3.32. The summed E-state index contributed by atoms with van der Waals surface area (Å²) < 4.78 is 13.1. The van der Waals surface area contributed by atoms with Gasteiger partial charge < -0.3 is 19.4 Å². The zero-order valence-electron chi connectivity index (χ0n) is 18.9. The molecule has 0 aliphatic carbocycles. The van der Waals surface area contributed by atoms with Gasteiger partial charge in [0, 0.05) is 38.8 Å². The third kappa shape index (κ3) is 4.54. The fourth-order valence-electron chi connectivity index (χ4n) is 4.32. The van der Waals surface area contributed by atoms with Crippen molar-refractivity contribution in [1.82, 2.24) is 30.0 Å². The molecular formula is C24H28N6O3. The van der Waals surface area contributed by atoms with E-state index in [1.165, 1.54) is 5.56 Å². The summed E-state index contributed by atoms with van der Waals surface area (Å²) >= 11 is 0. The van der Waals surface area contributed by atoms with Crippen LogP contribution in [-0.2, 0) is 19.5 Å². The summed E-state index contributed by atoms with van der Waals surface area (Å²) in [5.41, 5.74) is 1.59. The second kappa shape index (κ2) is 9.19. The number of nitrogens with one attached hydrogen (secondary N) is 1. The van der Waals surface area contributed by atoms with Crippen LogP contribution in [0.25, 0.3) is 0 Å². The molecule has 1 N–H and O–H groups in total. The lowest BCUT2D eigenvalue weighted by Gasteiger charge is -2.23. The number of hydrogen-bond donors (Lipinski definition) is 1. The predicted molar refractivity (Wildman–Crippen MR) is 121 cm³/mol. The topological polar surface area (TPSA) is 94.4 Å². The Bertz CT molecular complexity index is 1130. The van der Waals surface area contributed by atoms with Gasteiger partial charge in [0.25, 0.3) is 5.91 Å². The molecular weight excluding hydrogens is 420 g/mol. The smallest absolute Gasteiger partial charge is 0.270 e. The van der Waals surface area contributed by atoms with Crippen LogP contribution in [0.15, 0.2) is 42.6 Å². The maximum absolute atomic E-state index is 12.8. The molecule has 2 aliphatic rings. The first-order valence-corrected chi connectivity index (χ1v) is 11.3. The minimum atomic E-state index is -0.249. The van der Waals surface area contributed by atoms with E-state index in [0.717, 1.165) is 55.7 Å². The van der Waals surface area contributed by atoms with Crippen LogP contribution in [0.3, 0.4) is 0 Å². The molecule has 9 nitrogen and oxygen atoms in total. The molecule has 1 atom stereocenters. The highest BCUT2D eigenvalue weighted by Crippen LogP contribution is 2.33. The molecule has 2 aliphatic heterocycles. The highest BCUT2D eigenvalue weighted by Gasteiger charge is 2.28. The van der Waals surface area contributed by atoms with Crippen molar-refractivity contribution in [3.8, 4) is 11.5 Å². The van der Waals surface area contributed by atoms with Gasteiger partial charge in [-0.15, -0.1) is 10.2 Å². The lowest BCUT2D eigenvalue weighted by Crippen LogP contribution is -2.34. The summed E-state index contributed by atoms with van der Waals surface area (Å²) in [6.07, 6.45) is 2.42. The lowest BCUT2D eigenvalue weighted by molar-refractivity contribution is 0.0916. The van der Waals surface area contributed by atoms with Gasteiger partial charge in [-0.2, -0.15) is 0 Å². The van der Waals surface area contributed by atoms with E-state index in [0.29, 0.717) is 5.69 Å². The molecule has 0 spiro atoms.